The maximum Gasteiger partial charge on any atom is 0.251 e. The first-order chi connectivity index (χ1) is 10.0. The zero-order chi connectivity index (χ0) is 15.4. The molecule has 1 aromatic carbocycles. The Labute approximate surface area is 130 Å². The van der Waals surface area contributed by atoms with Crippen molar-refractivity contribution in [1.82, 2.24) is 5.32 Å². The number of thiophene rings is 1. The van der Waals surface area contributed by atoms with Crippen LogP contribution >= 0.6 is 11.3 Å². The lowest BCUT2D eigenvalue weighted by Gasteiger charge is -2.09. The number of amides is 1. The second-order valence-electron chi connectivity index (χ2n) is 5.19. The summed E-state index contributed by atoms with van der Waals surface area (Å²) in [6, 6.07) is 7.98. The van der Waals surface area contributed by atoms with Gasteiger partial charge in [0.2, 0.25) is 0 Å². The number of hydrogen-bond donors (Lipinski definition) is 2. The van der Waals surface area contributed by atoms with E-state index in [0.29, 0.717) is 6.54 Å². The summed E-state index contributed by atoms with van der Waals surface area (Å²) in [5.41, 5.74) is 4.07. The van der Waals surface area contributed by atoms with Crippen LogP contribution in [0.2, 0.25) is 0 Å². The number of anilines is 1. The summed E-state index contributed by atoms with van der Waals surface area (Å²) in [6.45, 7) is 9.69. The number of carbonyl (C=O) groups excluding carboxylic acids is 1. The first-order valence-corrected chi connectivity index (χ1v) is 8.01. The second kappa shape index (κ2) is 6.76. The SMILES string of the molecule is CCNc1ccc(C(=O)NCc2cc(C)c(C)s2)c(C)c1. The van der Waals surface area contributed by atoms with Gasteiger partial charge < -0.3 is 10.6 Å². The lowest BCUT2D eigenvalue weighted by molar-refractivity contribution is 0.0950. The van der Waals surface area contributed by atoms with Crippen molar-refractivity contribution in [2.24, 2.45) is 0 Å². The summed E-state index contributed by atoms with van der Waals surface area (Å²) in [4.78, 5) is 14.8. The Morgan fingerprint density at radius 3 is 2.48 bits per heavy atom. The molecule has 0 aliphatic carbocycles. The molecule has 0 spiro atoms. The van der Waals surface area contributed by atoms with Crippen molar-refractivity contribution < 1.29 is 4.79 Å². The molecule has 2 N–H and O–H groups in total. The predicted molar refractivity (Wildman–Crippen MR) is 90.3 cm³/mol. The molecule has 21 heavy (non-hydrogen) atoms. The fourth-order valence-corrected chi connectivity index (χ4v) is 3.23. The summed E-state index contributed by atoms with van der Waals surface area (Å²) >= 11 is 1.74. The highest BCUT2D eigenvalue weighted by Crippen LogP contribution is 2.20. The van der Waals surface area contributed by atoms with E-state index in [2.05, 4.69) is 37.5 Å². The third kappa shape index (κ3) is 3.85. The minimum Gasteiger partial charge on any atom is -0.385 e. The van der Waals surface area contributed by atoms with Gasteiger partial charge in [0.05, 0.1) is 6.54 Å². The Morgan fingerprint density at radius 1 is 1.14 bits per heavy atom. The van der Waals surface area contributed by atoms with E-state index in [-0.39, 0.29) is 5.91 Å². The first-order valence-electron chi connectivity index (χ1n) is 7.20. The Bertz CT molecular complexity index is 627. The van der Waals surface area contributed by atoms with Gasteiger partial charge in [-0.25, -0.2) is 0 Å². The van der Waals surface area contributed by atoms with Gasteiger partial charge in [0.25, 0.3) is 5.91 Å². The molecule has 4 heteroatoms. The molecule has 1 amide bonds. The fraction of sp³-hybridized carbons (Fsp3) is 0.353. The predicted octanol–water partition coefficient (Wildman–Crippen LogP) is 4.04. The quantitative estimate of drug-likeness (QED) is 0.875. The standard InChI is InChI=1S/C17H22N2OS/c1-5-18-14-6-7-16(12(3)8-14)17(20)19-10-15-9-11(2)13(4)21-15/h6-9,18H,5,10H2,1-4H3,(H,19,20). The smallest absolute Gasteiger partial charge is 0.251 e. The van der Waals surface area contributed by atoms with Crippen molar-refractivity contribution in [3.8, 4) is 0 Å². The first kappa shape index (κ1) is 15.6. The summed E-state index contributed by atoms with van der Waals surface area (Å²) < 4.78 is 0. The molecule has 0 atom stereocenters. The van der Waals surface area contributed by atoms with Gasteiger partial charge in [0, 0.05) is 27.5 Å². The van der Waals surface area contributed by atoms with Gasteiger partial charge in [0.1, 0.15) is 0 Å². The summed E-state index contributed by atoms with van der Waals surface area (Å²) in [7, 11) is 0. The van der Waals surface area contributed by atoms with Crippen LogP contribution in [0.5, 0.6) is 0 Å². The van der Waals surface area contributed by atoms with Crippen LogP contribution in [0.4, 0.5) is 5.69 Å². The Balaban J connectivity index is 2.03. The molecule has 0 bridgehead atoms. The molecular weight excluding hydrogens is 280 g/mol. The van der Waals surface area contributed by atoms with Gasteiger partial charge in [-0.3, -0.25) is 4.79 Å². The Hall–Kier alpha value is -1.81. The van der Waals surface area contributed by atoms with Crippen LogP contribution < -0.4 is 10.6 Å². The molecule has 1 aromatic heterocycles. The number of benzene rings is 1. The van der Waals surface area contributed by atoms with Gasteiger partial charge in [0.15, 0.2) is 0 Å². The van der Waals surface area contributed by atoms with E-state index in [1.807, 2.05) is 25.1 Å². The van der Waals surface area contributed by atoms with Crippen molar-refractivity contribution in [3.05, 3.63) is 50.7 Å². The van der Waals surface area contributed by atoms with E-state index in [1.165, 1.54) is 15.3 Å². The topological polar surface area (TPSA) is 41.1 Å². The maximum atomic E-state index is 12.3. The minimum atomic E-state index is -0.0146. The van der Waals surface area contributed by atoms with Crippen LogP contribution in [0.1, 0.15) is 38.2 Å². The van der Waals surface area contributed by atoms with E-state index in [9.17, 15) is 4.79 Å². The van der Waals surface area contributed by atoms with Gasteiger partial charge >= 0.3 is 0 Å². The average molecular weight is 302 g/mol. The van der Waals surface area contributed by atoms with E-state index >= 15 is 0 Å². The highest BCUT2D eigenvalue weighted by molar-refractivity contribution is 7.12. The molecule has 0 saturated heterocycles. The average Bonchev–Trinajstić information content (AvgIpc) is 2.76. The van der Waals surface area contributed by atoms with Crippen molar-refractivity contribution in [2.45, 2.75) is 34.2 Å². The minimum absolute atomic E-state index is 0.0146. The van der Waals surface area contributed by atoms with E-state index in [1.54, 1.807) is 11.3 Å². The number of rotatable bonds is 5. The van der Waals surface area contributed by atoms with Gasteiger partial charge in [-0.05, 0) is 63.1 Å². The molecule has 0 radical (unpaired) electrons. The molecule has 2 aromatic rings. The lowest BCUT2D eigenvalue weighted by atomic mass is 10.1. The van der Waals surface area contributed by atoms with Crippen LogP contribution in [-0.2, 0) is 6.54 Å². The van der Waals surface area contributed by atoms with E-state index < -0.39 is 0 Å². The molecule has 0 aliphatic heterocycles. The molecule has 3 nitrogen and oxygen atoms in total. The summed E-state index contributed by atoms with van der Waals surface area (Å²) in [5.74, 6) is -0.0146. The fourth-order valence-electron chi connectivity index (χ4n) is 2.23. The Kier molecular flexibility index (Phi) is 5.02. The van der Waals surface area contributed by atoms with Crippen LogP contribution in [0.15, 0.2) is 24.3 Å². The summed E-state index contributed by atoms with van der Waals surface area (Å²) in [5, 5.41) is 6.25. The van der Waals surface area contributed by atoms with Gasteiger partial charge in [-0.2, -0.15) is 0 Å². The zero-order valence-corrected chi connectivity index (χ0v) is 13.9. The van der Waals surface area contributed by atoms with Crippen molar-refractivity contribution >= 4 is 22.9 Å². The van der Waals surface area contributed by atoms with Crippen molar-refractivity contribution in [1.29, 1.82) is 0 Å². The number of nitrogens with one attached hydrogen (secondary N) is 2. The van der Waals surface area contributed by atoms with Crippen LogP contribution in [-0.4, -0.2) is 12.5 Å². The zero-order valence-electron chi connectivity index (χ0n) is 13.0. The highest BCUT2D eigenvalue weighted by atomic mass is 32.1. The maximum absolute atomic E-state index is 12.3. The normalized spacial score (nSPS) is 10.5. The van der Waals surface area contributed by atoms with Gasteiger partial charge in [-0.15, -0.1) is 11.3 Å². The summed E-state index contributed by atoms with van der Waals surface area (Å²) in [6.07, 6.45) is 0. The Morgan fingerprint density at radius 2 is 1.90 bits per heavy atom. The monoisotopic (exact) mass is 302 g/mol. The van der Waals surface area contributed by atoms with Crippen molar-refractivity contribution in [2.75, 3.05) is 11.9 Å². The van der Waals surface area contributed by atoms with E-state index in [4.69, 9.17) is 0 Å². The molecular formula is C17H22N2OS. The molecule has 2 rings (SSSR count). The lowest BCUT2D eigenvalue weighted by Crippen LogP contribution is -2.23. The molecule has 0 fully saturated rings. The van der Waals surface area contributed by atoms with E-state index in [0.717, 1.165) is 23.4 Å². The number of hydrogen-bond acceptors (Lipinski definition) is 3. The molecule has 0 aliphatic rings. The second-order valence-corrected chi connectivity index (χ2v) is 6.54. The highest BCUT2D eigenvalue weighted by Gasteiger charge is 2.10. The third-order valence-corrected chi connectivity index (χ3v) is 4.64. The van der Waals surface area contributed by atoms with Crippen LogP contribution in [0.25, 0.3) is 0 Å². The van der Waals surface area contributed by atoms with Crippen LogP contribution in [0, 0.1) is 20.8 Å². The van der Waals surface area contributed by atoms with Crippen LogP contribution in [0.3, 0.4) is 0 Å². The molecule has 0 unspecified atom stereocenters. The largest absolute Gasteiger partial charge is 0.385 e. The number of aryl methyl sites for hydroxylation is 3. The number of carbonyl (C=O) groups is 1. The molecule has 112 valence electrons. The third-order valence-electron chi connectivity index (χ3n) is 3.49. The van der Waals surface area contributed by atoms with Crippen molar-refractivity contribution in [3.63, 3.8) is 0 Å². The van der Waals surface area contributed by atoms with Gasteiger partial charge in [-0.1, -0.05) is 0 Å². The molecule has 1 heterocycles. The molecule has 0 saturated carbocycles.